The van der Waals surface area contributed by atoms with Crippen molar-refractivity contribution < 1.29 is 68.5 Å². The lowest BCUT2D eigenvalue weighted by atomic mass is 9.78. The third-order valence-electron chi connectivity index (χ3n) is 18.5. The zero-order chi connectivity index (χ0) is 65.5. The van der Waals surface area contributed by atoms with Gasteiger partial charge in [0.2, 0.25) is 0 Å². The van der Waals surface area contributed by atoms with Crippen LogP contribution >= 0.6 is 11.6 Å². The fourth-order valence-electron chi connectivity index (χ4n) is 12.2. The lowest BCUT2D eigenvalue weighted by Crippen LogP contribution is -2.48. The highest BCUT2D eigenvalue weighted by Gasteiger charge is 2.50. The normalized spacial score (nSPS) is 16.4. The van der Waals surface area contributed by atoms with E-state index in [9.17, 15) is 63.8 Å². The monoisotopic (exact) mass is 1270 g/mol. The molecule has 0 atom stereocenters. The molecule has 0 unspecified atom stereocenters. The van der Waals surface area contributed by atoms with Crippen molar-refractivity contribution in [3.05, 3.63) is 124 Å². The van der Waals surface area contributed by atoms with Crippen LogP contribution in [-0.2, 0) is 61.2 Å². The summed E-state index contributed by atoms with van der Waals surface area (Å²) in [5, 5.41) is 56.5. The molecule has 0 amide bonds. The Morgan fingerprint density at radius 2 is 0.722 bits per heavy atom. The molecule has 4 aromatic carbocycles. The van der Waals surface area contributed by atoms with Crippen LogP contribution in [-0.4, -0.2) is 127 Å². The first-order valence-corrected chi connectivity index (χ1v) is 33.5. The van der Waals surface area contributed by atoms with Gasteiger partial charge in [0.05, 0.1) is 11.6 Å². The lowest BCUT2D eigenvalue weighted by molar-refractivity contribution is -0.170. The van der Waals surface area contributed by atoms with E-state index in [1.807, 2.05) is 41.3 Å². The lowest BCUT2D eigenvalue weighted by Gasteiger charge is -2.36. The number of carboxylic acid groups (broad SMARTS) is 6. The summed E-state index contributed by atoms with van der Waals surface area (Å²) >= 11 is 6.37. The third-order valence-corrected chi connectivity index (χ3v) is 18.8. The molecular formula is C72H101ClFN3O13. The van der Waals surface area contributed by atoms with Gasteiger partial charge in [-0.3, -0.25) is 43.5 Å². The zero-order valence-electron chi connectivity index (χ0n) is 53.7. The van der Waals surface area contributed by atoms with Gasteiger partial charge in [0, 0.05) is 64.5 Å². The molecule has 3 aliphatic rings. The second-order valence-electron chi connectivity index (χ2n) is 25.1. The van der Waals surface area contributed by atoms with Crippen molar-refractivity contribution in [3.8, 4) is 16.9 Å². The van der Waals surface area contributed by atoms with E-state index < -0.39 is 52.1 Å². The van der Waals surface area contributed by atoms with Crippen LogP contribution in [0.15, 0.2) is 84.9 Å². The van der Waals surface area contributed by atoms with Gasteiger partial charge in [-0.25, -0.2) is 4.39 Å². The molecule has 0 spiro atoms. The van der Waals surface area contributed by atoms with Crippen molar-refractivity contribution in [2.75, 3.05) is 45.9 Å². The number of likely N-dealkylation sites (tertiary alicyclic amines) is 3. The Hall–Kier alpha value is -6.40. The molecule has 3 aliphatic heterocycles. The number of hydrogen-bond acceptors (Lipinski definition) is 10. The van der Waals surface area contributed by atoms with Crippen LogP contribution < -0.4 is 4.74 Å². The van der Waals surface area contributed by atoms with Crippen molar-refractivity contribution in [3.63, 3.8) is 0 Å². The number of carbonyl (C=O) groups is 6. The highest BCUT2D eigenvalue weighted by molar-refractivity contribution is 6.32. The van der Waals surface area contributed by atoms with Crippen LogP contribution in [0.25, 0.3) is 11.1 Å². The summed E-state index contributed by atoms with van der Waals surface area (Å²) in [7, 11) is 0. The minimum Gasteiger partial charge on any atom is -0.492 e. The molecule has 3 saturated heterocycles. The Kier molecular flexibility index (Phi) is 31.8. The van der Waals surface area contributed by atoms with Gasteiger partial charge in [0.25, 0.3) is 0 Å². The minimum absolute atomic E-state index is 0.0448. The number of carboxylic acids is 6. The molecule has 0 radical (unpaired) electrons. The number of aliphatic carboxylic acids is 6. The summed E-state index contributed by atoms with van der Waals surface area (Å²) in [5.41, 5.74) is 2.04. The van der Waals surface area contributed by atoms with Gasteiger partial charge >= 0.3 is 35.8 Å². The van der Waals surface area contributed by atoms with Crippen molar-refractivity contribution in [2.45, 2.75) is 207 Å². The summed E-state index contributed by atoms with van der Waals surface area (Å²) in [4.78, 5) is 74.7. The average molecular weight is 1270 g/mol. The maximum atomic E-state index is 14.9. The Labute approximate surface area is 538 Å². The van der Waals surface area contributed by atoms with Gasteiger partial charge in [-0.2, -0.15) is 0 Å². The standard InChI is InChI=1S/C27H34FNO4.C23H34ClNO5.C22H33NO4/c1-2-3-4-5-6-7-20-8-11-22(12-9-20)23-13-10-21(18-24(23)28)19-29-16-14-27(15-17-29,25(30)31)26(32)33;1-2-3-4-5-6-7-8-15-30-20-10-9-18(16-19(20)24)17-25-13-11-23(12-14-25,21(26)27)22(28)29;1-2-3-4-5-6-7-8-18-9-11-19(12-10-18)17-23-15-13-22(14-16-23,20(24)25)21(26)27/h8-13,18H,2-7,14-17,19H2,1H3,(H,30,31)(H,32,33);9-10,16H,2-8,11-15,17H2,1H3,(H,26,27)(H,28,29);9-12H,2-8,13-17H2,1H3,(H,24,25)(H,26,27). The SMILES string of the molecule is CCCCCCCCCOc1ccc(CN2CCC(C(=O)O)(C(=O)O)CC2)cc1Cl.CCCCCCCCc1ccc(CN2CCC(C(=O)O)(C(=O)O)CC2)cc1.CCCCCCCc1ccc(-c2ccc(CN3CCC(C(=O)O)(C(=O)O)CC3)cc2F)cc1. The quantitative estimate of drug-likeness (QED) is 0.0185. The molecule has 496 valence electrons. The Morgan fingerprint density at radius 3 is 1.09 bits per heavy atom. The molecule has 90 heavy (non-hydrogen) atoms. The predicted octanol–water partition coefficient (Wildman–Crippen LogP) is 15.3. The number of benzene rings is 4. The Balaban J connectivity index is 0.000000247. The van der Waals surface area contributed by atoms with Gasteiger partial charge in [0.15, 0.2) is 16.2 Å². The largest absolute Gasteiger partial charge is 0.492 e. The van der Waals surface area contributed by atoms with Crippen LogP contribution in [0.2, 0.25) is 5.02 Å². The molecule has 0 aromatic heterocycles. The molecule has 0 saturated carbocycles. The molecule has 4 aromatic rings. The summed E-state index contributed by atoms with van der Waals surface area (Å²) in [6.45, 7) is 11.7. The number of halogens is 2. The first-order valence-electron chi connectivity index (χ1n) is 33.2. The van der Waals surface area contributed by atoms with Crippen LogP contribution in [0.5, 0.6) is 5.75 Å². The van der Waals surface area contributed by atoms with Crippen LogP contribution in [0.4, 0.5) is 4.39 Å². The van der Waals surface area contributed by atoms with Crippen LogP contribution in [0.3, 0.4) is 0 Å². The smallest absolute Gasteiger partial charge is 0.321 e. The number of hydrogen-bond donors (Lipinski definition) is 6. The highest BCUT2D eigenvalue weighted by atomic mass is 35.5. The molecule has 3 heterocycles. The van der Waals surface area contributed by atoms with E-state index >= 15 is 0 Å². The molecule has 18 heteroatoms. The number of unbranched alkanes of at least 4 members (excludes halogenated alkanes) is 15. The molecule has 0 bridgehead atoms. The van der Waals surface area contributed by atoms with Gasteiger partial charge in [0.1, 0.15) is 11.6 Å². The Morgan fingerprint density at radius 1 is 0.411 bits per heavy atom. The fourth-order valence-corrected chi connectivity index (χ4v) is 12.5. The van der Waals surface area contributed by atoms with E-state index in [2.05, 4.69) is 67.0 Å². The van der Waals surface area contributed by atoms with Gasteiger partial charge in [-0.1, -0.05) is 195 Å². The van der Waals surface area contributed by atoms with Crippen molar-refractivity contribution in [1.29, 1.82) is 0 Å². The van der Waals surface area contributed by atoms with Crippen molar-refractivity contribution in [1.82, 2.24) is 14.7 Å². The summed E-state index contributed by atoms with van der Waals surface area (Å²) in [6.07, 6.45) is 25.5. The van der Waals surface area contributed by atoms with E-state index in [0.29, 0.717) is 75.3 Å². The number of nitrogens with zero attached hydrogens (tertiary/aromatic N) is 3. The maximum Gasteiger partial charge on any atom is 0.321 e. The van der Waals surface area contributed by atoms with E-state index in [1.54, 1.807) is 6.07 Å². The number of aryl methyl sites for hydroxylation is 2. The summed E-state index contributed by atoms with van der Waals surface area (Å²) in [5.74, 6) is -7.11. The van der Waals surface area contributed by atoms with Gasteiger partial charge in [-0.15, -0.1) is 0 Å². The molecule has 6 N–H and O–H groups in total. The molecule has 7 rings (SSSR count). The molecule has 16 nitrogen and oxygen atoms in total. The summed E-state index contributed by atoms with van der Waals surface area (Å²) < 4.78 is 20.7. The van der Waals surface area contributed by atoms with E-state index in [4.69, 9.17) is 16.3 Å². The Bertz CT molecular complexity index is 2810. The fraction of sp³-hybridized carbons (Fsp3) is 0.583. The topological polar surface area (TPSA) is 243 Å². The minimum atomic E-state index is -1.72. The van der Waals surface area contributed by atoms with E-state index in [1.165, 1.54) is 132 Å². The van der Waals surface area contributed by atoms with Gasteiger partial charge < -0.3 is 35.4 Å². The average Bonchev–Trinajstić information content (AvgIpc) is 0.956. The zero-order valence-corrected chi connectivity index (χ0v) is 54.4. The first kappa shape index (κ1) is 74.3. The van der Waals surface area contributed by atoms with E-state index in [0.717, 1.165) is 42.5 Å². The predicted molar refractivity (Wildman–Crippen MR) is 349 cm³/mol. The number of rotatable bonds is 35. The molecular weight excluding hydrogens is 1170 g/mol. The maximum absolute atomic E-state index is 14.9. The third kappa shape index (κ3) is 22.8. The van der Waals surface area contributed by atoms with E-state index in [-0.39, 0.29) is 44.3 Å². The molecule has 0 aliphatic carbocycles. The summed E-state index contributed by atoms with van der Waals surface area (Å²) in [6, 6.07) is 27.7. The van der Waals surface area contributed by atoms with Crippen LogP contribution in [0.1, 0.15) is 203 Å². The highest BCUT2D eigenvalue weighted by Crippen LogP contribution is 2.37. The van der Waals surface area contributed by atoms with Gasteiger partial charge in [-0.05, 0) is 122 Å². The molecule has 3 fully saturated rings. The number of piperidine rings is 3. The first-order chi connectivity index (χ1) is 43.2. The number of ether oxygens (including phenoxy) is 1. The van der Waals surface area contributed by atoms with Crippen LogP contribution in [0, 0.1) is 22.1 Å². The van der Waals surface area contributed by atoms with Crippen molar-refractivity contribution >= 4 is 47.4 Å². The van der Waals surface area contributed by atoms with Crippen molar-refractivity contribution in [2.24, 2.45) is 16.2 Å². The second kappa shape index (κ2) is 38.5. The second-order valence-corrected chi connectivity index (χ2v) is 25.6.